The Morgan fingerprint density at radius 3 is 2.62 bits per heavy atom. The average molecular weight is 340 g/mol. The number of halogens is 2. The van der Waals surface area contributed by atoms with Crippen molar-refractivity contribution in [1.29, 1.82) is 0 Å². The van der Waals surface area contributed by atoms with E-state index in [4.69, 9.17) is 0 Å². The number of nitrogens with one attached hydrogen (secondary N) is 1. The Kier molecular flexibility index (Phi) is 3.46. The van der Waals surface area contributed by atoms with Crippen molar-refractivity contribution in [3.05, 3.63) is 76.9 Å². The van der Waals surface area contributed by atoms with E-state index in [1.807, 2.05) is 17.5 Å². The zero-order chi connectivity index (χ0) is 16.7. The quantitative estimate of drug-likeness (QED) is 0.545. The lowest BCUT2D eigenvalue weighted by Gasteiger charge is -2.04. The Morgan fingerprint density at radius 2 is 1.92 bits per heavy atom. The molecule has 0 saturated carbocycles. The standard InChI is InChI=1S/C18H10F2N2OS/c19-13-3-1-4-14(20)16(13)17(23)12-9-22-18-11(12)7-10(8-21-18)15-5-2-6-24-15/h1-9H,(H,21,22). The normalized spacial score (nSPS) is 11.1. The van der Waals surface area contributed by atoms with Crippen LogP contribution in [0.25, 0.3) is 21.5 Å². The molecule has 0 bridgehead atoms. The zero-order valence-corrected chi connectivity index (χ0v) is 13.0. The Bertz CT molecular complexity index is 1030. The fraction of sp³-hybridized carbons (Fsp3) is 0. The molecule has 0 aliphatic heterocycles. The van der Waals surface area contributed by atoms with E-state index in [1.54, 1.807) is 23.6 Å². The minimum absolute atomic E-state index is 0.194. The van der Waals surface area contributed by atoms with Gasteiger partial charge in [0.25, 0.3) is 0 Å². The molecule has 3 nitrogen and oxygen atoms in total. The molecule has 4 rings (SSSR count). The largest absolute Gasteiger partial charge is 0.345 e. The second-order valence-electron chi connectivity index (χ2n) is 5.23. The molecule has 0 fully saturated rings. The topological polar surface area (TPSA) is 45.8 Å². The summed E-state index contributed by atoms with van der Waals surface area (Å²) in [6, 6.07) is 9.03. The molecular weight excluding hydrogens is 330 g/mol. The SMILES string of the molecule is O=C(c1c(F)cccc1F)c1c[nH]c2ncc(-c3cccs3)cc12. The van der Waals surface area contributed by atoms with E-state index in [-0.39, 0.29) is 5.56 Å². The van der Waals surface area contributed by atoms with E-state index in [0.717, 1.165) is 22.6 Å². The maximum Gasteiger partial charge on any atom is 0.201 e. The molecule has 3 heterocycles. The minimum Gasteiger partial charge on any atom is -0.345 e. The van der Waals surface area contributed by atoms with Crippen LogP contribution in [-0.4, -0.2) is 15.8 Å². The van der Waals surface area contributed by atoms with Crippen LogP contribution in [-0.2, 0) is 0 Å². The lowest BCUT2D eigenvalue weighted by Crippen LogP contribution is -2.06. The number of thiophene rings is 1. The van der Waals surface area contributed by atoms with Gasteiger partial charge in [0.2, 0.25) is 5.78 Å². The number of fused-ring (bicyclic) bond motifs is 1. The van der Waals surface area contributed by atoms with Gasteiger partial charge in [-0.2, -0.15) is 0 Å². The first kappa shape index (κ1) is 14.7. The highest BCUT2D eigenvalue weighted by molar-refractivity contribution is 7.13. The van der Waals surface area contributed by atoms with E-state index in [2.05, 4.69) is 9.97 Å². The lowest BCUT2D eigenvalue weighted by molar-refractivity contribution is 0.103. The fourth-order valence-electron chi connectivity index (χ4n) is 2.62. The summed E-state index contributed by atoms with van der Waals surface area (Å²) in [6.07, 6.45) is 3.13. The number of nitrogens with zero attached hydrogens (tertiary/aromatic N) is 1. The molecule has 0 spiro atoms. The van der Waals surface area contributed by atoms with E-state index >= 15 is 0 Å². The van der Waals surface area contributed by atoms with Gasteiger partial charge in [-0.15, -0.1) is 11.3 Å². The smallest absolute Gasteiger partial charge is 0.201 e. The molecular formula is C18H10F2N2OS. The molecule has 0 unspecified atom stereocenters. The third kappa shape index (κ3) is 2.32. The van der Waals surface area contributed by atoms with Crippen molar-refractivity contribution in [3.8, 4) is 10.4 Å². The van der Waals surface area contributed by atoms with E-state index in [1.165, 1.54) is 12.3 Å². The monoisotopic (exact) mass is 340 g/mol. The Balaban J connectivity index is 1.88. The summed E-state index contributed by atoms with van der Waals surface area (Å²) in [5.74, 6) is -2.46. The Hall–Kier alpha value is -2.86. The van der Waals surface area contributed by atoms with Gasteiger partial charge in [-0.3, -0.25) is 4.79 Å². The average Bonchev–Trinajstić information content (AvgIpc) is 3.23. The number of aromatic nitrogens is 2. The molecule has 0 saturated heterocycles. The van der Waals surface area contributed by atoms with Crippen molar-refractivity contribution in [3.63, 3.8) is 0 Å². The van der Waals surface area contributed by atoms with Crippen LogP contribution in [0.2, 0.25) is 0 Å². The maximum absolute atomic E-state index is 13.9. The van der Waals surface area contributed by atoms with E-state index in [0.29, 0.717) is 11.0 Å². The van der Waals surface area contributed by atoms with Gasteiger partial charge in [0, 0.05) is 33.8 Å². The van der Waals surface area contributed by atoms with Gasteiger partial charge in [-0.25, -0.2) is 13.8 Å². The minimum atomic E-state index is -0.878. The molecule has 1 N–H and O–H groups in total. The number of benzene rings is 1. The number of H-pyrrole nitrogens is 1. The first-order valence-electron chi connectivity index (χ1n) is 7.15. The number of carbonyl (C=O) groups excluding carboxylic acids is 1. The number of hydrogen-bond acceptors (Lipinski definition) is 3. The summed E-state index contributed by atoms with van der Waals surface area (Å²) in [5, 5.41) is 2.48. The summed E-state index contributed by atoms with van der Waals surface area (Å²) in [4.78, 5) is 20.8. The molecule has 118 valence electrons. The third-order valence-electron chi connectivity index (χ3n) is 3.77. The van der Waals surface area contributed by atoms with Crippen LogP contribution in [0.3, 0.4) is 0 Å². The summed E-state index contributed by atoms with van der Waals surface area (Å²) >= 11 is 1.55. The molecule has 0 amide bonds. The number of hydrogen-bond donors (Lipinski definition) is 1. The molecule has 24 heavy (non-hydrogen) atoms. The highest BCUT2D eigenvalue weighted by Crippen LogP contribution is 2.29. The van der Waals surface area contributed by atoms with Crippen molar-refractivity contribution in [2.75, 3.05) is 0 Å². The zero-order valence-electron chi connectivity index (χ0n) is 12.2. The van der Waals surface area contributed by atoms with Gasteiger partial charge in [-0.05, 0) is 29.6 Å². The maximum atomic E-state index is 13.9. The van der Waals surface area contributed by atoms with E-state index < -0.39 is 23.0 Å². The number of aromatic amines is 1. The van der Waals surface area contributed by atoms with Gasteiger partial charge in [0.1, 0.15) is 17.3 Å². The summed E-state index contributed by atoms with van der Waals surface area (Å²) in [5.41, 5.74) is 0.982. The molecule has 0 atom stereocenters. The number of pyridine rings is 1. The number of carbonyl (C=O) groups is 1. The van der Waals surface area contributed by atoms with Crippen LogP contribution >= 0.6 is 11.3 Å². The third-order valence-corrected chi connectivity index (χ3v) is 4.69. The van der Waals surface area contributed by atoms with E-state index in [9.17, 15) is 13.6 Å². The van der Waals surface area contributed by atoms with Crippen molar-refractivity contribution in [1.82, 2.24) is 9.97 Å². The van der Waals surface area contributed by atoms with Crippen molar-refractivity contribution in [2.24, 2.45) is 0 Å². The van der Waals surface area contributed by atoms with Gasteiger partial charge in [0.05, 0.1) is 5.56 Å². The Morgan fingerprint density at radius 1 is 1.12 bits per heavy atom. The molecule has 3 aromatic heterocycles. The highest BCUT2D eigenvalue weighted by Gasteiger charge is 2.22. The fourth-order valence-corrected chi connectivity index (χ4v) is 3.33. The van der Waals surface area contributed by atoms with Gasteiger partial charge in [-0.1, -0.05) is 12.1 Å². The predicted octanol–water partition coefficient (Wildman–Crippen LogP) is 4.80. The van der Waals surface area contributed by atoms with Crippen LogP contribution in [0, 0.1) is 11.6 Å². The predicted molar refractivity (Wildman–Crippen MR) is 89.2 cm³/mol. The van der Waals surface area contributed by atoms with Crippen molar-refractivity contribution < 1.29 is 13.6 Å². The van der Waals surface area contributed by atoms with Crippen molar-refractivity contribution >= 4 is 28.2 Å². The van der Waals surface area contributed by atoms with Crippen LogP contribution < -0.4 is 0 Å². The van der Waals surface area contributed by atoms with Gasteiger partial charge < -0.3 is 4.98 Å². The van der Waals surface area contributed by atoms with Crippen LogP contribution in [0.1, 0.15) is 15.9 Å². The Labute approximate surface area is 139 Å². The summed E-state index contributed by atoms with van der Waals surface area (Å²) in [6.45, 7) is 0. The first-order valence-corrected chi connectivity index (χ1v) is 8.03. The second kappa shape index (κ2) is 5.65. The van der Waals surface area contributed by atoms with Crippen molar-refractivity contribution in [2.45, 2.75) is 0 Å². The van der Waals surface area contributed by atoms with Crippen LogP contribution in [0.15, 0.2) is 54.2 Å². The lowest BCUT2D eigenvalue weighted by atomic mass is 10.0. The second-order valence-corrected chi connectivity index (χ2v) is 6.17. The first-order chi connectivity index (χ1) is 11.6. The number of ketones is 1. The molecule has 0 aliphatic rings. The van der Waals surface area contributed by atoms with Gasteiger partial charge in [0.15, 0.2) is 0 Å². The van der Waals surface area contributed by atoms with Crippen LogP contribution in [0.5, 0.6) is 0 Å². The van der Waals surface area contributed by atoms with Gasteiger partial charge >= 0.3 is 0 Å². The molecule has 0 radical (unpaired) electrons. The van der Waals surface area contributed by atoms with Crippen LogP contribution in [0.4, 0.5) is 8.78 Å². The molecule has 0 aliphatic carbocycles. The number of rotatable bonds is 3. The molecule has 1 aromatic carbocycles. The summed E-state index contributed by atoms with van der Waals surface area (Å²) in [7, 11) is 0. The highest BCUT2D eigenvalue weighted by atomic mass is 32.1. The summed E-state index contributed by atoms with van der Waals surface area (Å²) < 4.78 is 27.8. The molecule has 6 heteroatoms. The molecule has 4 aromatic rings.